The monoisotopic (exact) mass is 236 g/mol. The van der Waals surface area contributed by atoms with Gasteiger partial charge in [-0.15, -0.1) is 0 Å². The number of Topliss-reactive ketones (excluding diaryl/α,β-unsaturated/α-hetero) is 1. The van der Waals surface area contributed by atoms with Gasteiger partial charge in [-0.25, -0.2) is 0 Å². The minimum absolute atomic E-state index is 0.127. The second-order valence-corrected chi connectivity index (χ2v) is 3.85. The molecule has 1 rings (SSSR count). The van der Waals surface area contributed by atoms with Crippen LogP contribution in [0.4, 0.5) is 0 Å². The maximum atomic E-state index is 12.0. The molecule has 17 heavy (non-hydrogen) atoms. The molecule has 1 unspecified atom stereocenters. The Balaban J connectivity index is 2.65. The Morgan fingerprint density at radius 3 is 2.71 bits per heavy atom. The summed E-state index contributed by atoms with van der Waals surface area (Å²) in [6.07, 6.45) is 0.831. The van der Waals surface area contributed by atoms with Gasteiger partial charge in [0.25, 0.3) is 0 Å². The smallest absolute Gasteiger partial charge is 0.165 e. The van der Waals surface area contributed by atoms with Crippen molar-refractivity contribution in [2.24, 2.45) is 0 Å². The van der Waals surface area contributed by atoms with E-state index in [0.717, 1.165) is 17.7 Å². The number of benzene rings is 1. The molecular formula is C14H20O3. The van der Waals surface area contributed by atoms with E-state index in [1.807, 2.05) is 38.1 Å². The van der Waals surface area contributed by atoms with Crippen LogP contribution in [0.2, 0.25) is 0 Å². The standard InChI is InChI=1S/C14H20O3/c1-4-14(17-5-2)13(15)10-11-7-6-8-12(9-11)16-3/h6-9,14H,4-5,10H2,1-3H3. The van der Waals surface area contributed by atoms with Crippen molar-refractivity contribution in [3.8, 4) is 5.75 Å². The summed E-state index contributed by atoms with van der Waals surface area (Å²) >= 11 is 0. The molecule has 0 saturated heterocycles. The van der Waals surface area contributed by atoms with Gasteiger partial charge in [0.05, 0.1) is 7.11 Å². The SMILES string of the molecule is CCOC(CC)C(=O)Cc1cccc(OC)c1. The largest absolute Gasteiger partial charge is 0.497 e. The Morgan fingerprint density at radius 2 is 2.12 bits per heavy atom. The summed E-state index contributed by atoms with van der Waals surface area (Å²) in [6, 6.07) is 7.58. The van der Waals surface area contributed by atoms with Crippen molar-refractivity contribution in [2.75, 3.05) is 13.7 Å². The number of rotatable bonds is 7. The number of carbonyl (C=O) groups is 1. The number of hydrogen-bond donors (Lipinski definition) is 0. The van der Waals surface area contributed by atoms with Crippen LogP contribution in [0.3, 0.4) is 0 Å². The van der Waals surface area contributed by atoms with E-state index in [0.29, 0.717) is 13.0 Å². The molecule has 94 valence electrons. The van der Waals surface area contributed by atoms with Gasteiger partial charge in [-0.2, -0.15) is 0 Å². The van der Waals surface area contributed by atoms with Gasteiger partial charge < -0.3 is 9.47 Å². The topological polar surface area (TPSA) is 35.5 Å². The van der Waals surface area contributed by atoms with Gasteiger partial charge in [0.15, 0.2) is 5.78 Å². The van der Waals surface area contributed by atoms with Crippen LogP contribution in [0, 0.1) is 0 Å². The van der Waals surface area contributed by atoms with Crippen molar-refractivity contribution in [2.45, 2.75) is 32.8 Å². The van der Waals surface area contributed by atoms with Crippen molar-refractivity contribution in [1.29, 1.82) is 0 Å². The molecule has 0 fully saturated rings. The molecule has 0 bridgehead atoms. The first-order valence-electron chi connectivity index (χ1n) is 5.98. The molecule has 0 spiro atoms. The Morgan fingerprint density at radius 1 is 1.35 bits per heavy atom. The second kappa shape index (κ2) is 7.07. The Labute approximate surface area is 103 Å². The second-order valence-electron chi connectivity index (χ2n) is 3.85. The average molecular weight is 236 g/mol. The summed E-state index contributed by atoms with van der Waals surface area (Å²) in [5.74, 6) is 0.905. The third-order valence-electron chi connectivity index (χ3n) is 2.61. The minimum atomic E-state index is -0.286. The maximum Gasteiger partial charge on any atom is 0.165 e. The molecule has 0 heterocycles. The molecular weight excluding hydrogens is 216 g/mol. The highest BCUT2D eigenvalue weighted by molar-refractivity contribution is 5.85. The van der Waals surface area contributed by atoms with Crippen LogP contribution in [0.15, 0.2) is 24.3 Å². The zero-order chi connectivity index (χ0) is 12.7. The van der Waals surface area contributed by atoms with Gasteiger partial charge in [0, 0.05) is 13.0 Å². The van der Waals surface area contributed by atoms with Crippen LogP contribution in [0.25, 0.3) is 0 Å². The fraction of sp³-hybridized carbons (Fsp3) is 0.500. The molecule has 0 aliphatic heterocycles. The quantitative estimate of drug-likeness (QED) is 0.730. The highest BCUT2D eigenvalue weighted by Gasteiger charge is 2.16. The summed E-state index contributed by atoms with van der Waals surface area (Å²) in [6.45, 7) is 4.44. The number of ketones is 1. The van der Waals surface area contributed by atoms with Gasteiger partial charge in [-0.1, -0.05) is 19.1 Å². The fourth-order valence-corrected chi connectivity index (χ4v) is 1.74. The van der Waals surface area contributed by atoms with E-state index in [1.165, 1.54) is 0 Å². The summed E-state index contributed by atoms with van der Waals surface area (Å²) in [5, 5.41) is 0. The van der Waals surface area contributed by atoms with Crippen molar-refractivity contribution >= 4 is 5.78 Å². The average Bonchev–Trinajstić information content (AvgIpc) is 2.36. The summed E-state index contributed by atoms with van der Waals surface area (Å²) < 4.78 is 10.5. The molecule has 1 aromatic carbocycles. The third-order valence-corrected chi connectivity index (χ3v) is 2.61. The minimum Gasteiger partial charge on any atom is -0.497 e. The highest BCUT2D eigenvalue weighted by atomic mass is 16.5. The molecule has 0 radical (unpaired) electrons. The first kappa shape index (κ1) is 13.7. The zero-order valence-corrected chi connectivity index (χ0v) is 10.7. The van der Waals surface area contributed by atoms with Gasteiger partial charge >= 0.3 is 0 Å². The molecule has 0 aromatic heterocycles. The molecule has 0 aliphatic rings. The molecule has 0 N–H and O–H groups in total. The molecule has 0 amide bonds. The molecule has 3 heteroatoms. The molecule has 0 saturated carbocycles. The molecule has 1 aromatic rings. The van der Waals surface area contributed by atoms with Crippen molar-refractivity contribution in [1.82, 2.24) is 0 Å². The molecule has 3 nitrogen and oxygen atoms in total. The van der Waals surface area contributed by atoms with Gasteiger partial charge in [-0.3, -0.25) is 4.79 Å². The zero-order valence-electron chi connectivity index (χ0n) is 10.7. The van der Waals surface area contributed by atoms with Gasteiger partial charge in [0.2, 0.25) is 0 Å². The predicted octanol–water partition coefficient (Wildman–Crippen LogP) is 2.62. The lowest BCUT2D eigenvalue weighted by Gasteiger charge is -2.13. The number of ether oxygens (including phenoxy) is 2. The van der Waals surface area contributed by atoms with E-state index < -0.39 is 0 Å². The Bertz CT molecular complexity index is 360. The normalized spacial score (nSPS) is 12.2. The van der Waals surface area contributed by atoms with E-state index in [-0.39, 0.29) is 11.9 Å². The lowest BCUT2D eigenvalue weighted by atomic mass is 10.0. The predicted molar refractivity (Wildman–Crippen MR) is 67.4 cm³/mol. The van der Waals surface area contributed by atoms with E-state index in [1.54, 1.807) is 7.11 Å². The van der Waals surface area contributed by atoms with Crippen molar-refractivity contribution in [3.63, 3.8) is 0 Å². The highest BCUT2D eigenvalue weighted by Crippen LogP contribution is 2.14. The molecule has 0 aliphatic carbocycles. The van der Waals surface area contributed by atoms with E-state index in [9.17, 15) is 4.79 Å². The van der Waals surface area contributed by atoms with E-state index >= 15 is 0 Å². The lowest BCUT2D eigenvalue weighted by molar-refractivity contribution is -0.129. The van der Waals surface area contributed by atoms with E-state index in [2.05, 4.69) is 0 Å². The van der Waals surface area contributed by atoms with Crippen molar-refractivity contribution in [3.05, 3.63) is 29.8 Å². The Kier molecular flexibility index (Phi) is 5.70. The van der Waals surface area contributed by atoms with Crippen LogP contribution >= 0.6 is 0 Å². The van der Waals surface area contributed by atoms with Gasteiger partial charge in [0.1, 0.15) is 11.9 Å². The molecule has 1 atom stereocenters. The van der Waals surface area contributed by atoms with Crippen LogP contribution < -0.4 is 4.74 Å². The first-order valence-corrected chi connectivity index (χ1v) is 5.98. The first-order chi connectivity index (χ1) is 8.21. The lowest BCUT2D eigenvalue weighted by Crippen LogP contribution is -2.25. The third kappa shape index (κ3) is 4.19. The number of methoxy groups -OCH3 is 1. The maximum absolute atomic E-state index is 12.0. The van der Waals surface area contributed by atoms with Crippen LogP contribution in [-0.4, -0.2) is 25.6 Å². The number of carbonyl (C=O) groups excluding carboxylic acids is 1. The Hall–Kier alpha value is -1.35. The summed E-state index contributed by atoms with van der Waals surface area (Å²) in [7, 11) is 1.62. The summed E-state index contributed by atoms with van der Waals surface area (Å²) in [4.78, 5) is 12.0. The van der Waals surface area contributed by atoms with Crippen molar-refractivity contribution < 1.29 is 14.3 Å². The van der Waals surface area contributed by atoms with Crippen LogP contribution in [0.1, 0.15) is 25.8 Å². The summed E-state index contributed by atoms with van der Waals surface area (Å²) in [5.41, 5.74) is 0.965. The fourth-order valence-electron chi connectivity index (χ4n) is 1.74. The van der Waals surface area contributed by atoms with E-state index in [4.69, 9.17) is 9.47 Å². The number of hydrogen-bond acceptors (Lipinski definition) is 3. The van der Waals surface area contributed by atoms with Gasteiger partial charge in [-0.05, 0) is 31.0 Å². The van der Waals surface area contributed by atoms with Crippen LogP contribution in [-0.2, 0) is 16.0 Å². The van der Waals surface area contributed by atoms with Crippen LogP contribution in [0.5, 0.6) is 5.75 Å².